The van der Waals surface area contributed by atoms with Crippen molar-refractivity contribution < 1.29 is 9.64 Å². The minimum absolute atomic E-state index is 0.711. The molecule has 0 spiro atoms. The lowest BCUT2D eigenvalue weighted by atomic mass is 9.84. The Morgan fingerprint density at radius 2 is 1.95 bits per heavy atom. The van der Waals surface area contributed by atoms with Gasteiger partial charge >= 0.3 is 0 Å². The summed E-state index contributed by atoms with van der Waals surface area (Å²) in [5.74, 6) is 1.66. The normalized spacial score (nSPS) is 28.3. The Bertz CT molecular complexity index is 635. The molecule has 22 heavy (non-hydrogen) atoms. The molecule has 1 aromatic carbocycles. The highest BCUT2D eigenvalue weighted by atomic mass is 16.5. The summed E-state index contributed by atoms with van der Waals surface area (Å²) in [6.07, 6.45) is 8.73. The van der Waals surface area contributed by atoms with Crippen molar-refractivity contribution in [2.45, 2.75) is 38.1 Å². The van der Waals surface area contributed by atoms with E-state index in [4.69, 9.17) is 4.74 Å². The summed E-state index contributed by atoms with van der Waals surface area (Å²) in [4.78, 5) is 6.33. The lowest BCUT2D eigenvalue weighted by Gasteiger charge is -2.41. The average molecular weight is 297 g/mol. The van der Waals surface area contributed by atoms with E-state index in [-0.39, 0.29) is 0 Å². The van der Waals surface area contributed by atoms with Gasteiger partial charge in [-0.15, -0.1) is 0 Å². The number of rotatable bonds is 3. The Balaban J connectivity index is 1.49. The van der Waals surface area contributed by atoms with Crippen molar-refractivity contribution in [2.24, 2.45) is 5.92 Å². The van der Waals surface area contributed by atoms with E-state index in [2.05, 4.69) is 29.2 Å². The fourth-order valence-corrected chi connectivity index (χ4v) is 4.37. The van der Waals surface area contributed by atoms with Crippen molar-refractivity contribution in [3.63, 3.8) is 0 Å². The van der Waals surface area contributed by atoms with Crippen LogP contribution in [-0.2, 0) is 0 Å². The molecule has 3 heterocycles. The molecule has 3 atom stereocenters. The van der Waals surface area contributed by atoms with Gasteiger partial charge in [-0.2, -0.15) is 0 Å². The molecule has 2 aliphatic rings. The van der Waals surface area contributed by atoms with E-state index < -0.39 is 0 Å². The molecule has 3 heteroatoms. The molecule has 4 rings (SSSR count). The zero-order valence-corrected chi connectivity index (χ0v) is 13.1. The smallest absolute Gasteiger partial charge is 0.145 e. The highest BCUT2D eigenvalue weighted by Crippen LogP contribution is 2.26. The molecular weight excluding hydrogens is 272 g/mol. The number of quaternary nitrogens is 1. The van der Waals surface area contributed by atoms with Gasteiger partial charge in [0.2, 0.25) is 0 Å². The predicted molar refractivity (Wildman–Crippen MR) is 88.3 cm³/mol. The largest absolute Gasteiger partial charge is 0.491 e. The van der Waals surface area contributed by atoms with E-state index in [9.17, 15) is 0 Å². The molecule has 3 nitrogen and oxygen atoms in total. The van der Waals surface area contributed by atoms with Crippen molar-refractivity contribution >= 4 is 10.9 Å². The summed E-state index contributed by atoms with van der Waals surface area (Å²) >= 11 is 0. The van der Waals surface area contributed by atoms with Crippen molar-refractivity contribution in [1.29, 1.82) is 0 Å². The number of aromatic nitrogens is 1. The van der Waals surface area contributed by atoms with Gasteiger partial charge in [0.25, 0.3) is 0 Å². The topological polar surface area (TPSA) is 26.6 Å². The first-order valence-corrected chi connectivity index (χ1v) is 8.73. The number of hydrogen-bond donors (Lipinski definition) is 1. The minimum atomic E-state index is 0.711. The van der Waals surface area contributed by atoms with E-state index >= 15 is 0 Å². The van der Waals surface area contributed by atoms with Gasteiger partial charge in [0.15, 0.2) is 0 Å². The highest BCUT2D eigenvalue weighted by Gasteiger charge is 2.36. The van der Waals surface area contributed by atoms with Crippen molar-refractivity contribution in [3.05, 3.63) is 36.5 Å². The highest BCUT2D eigenvalue weighted by molar-refractivity contribution is 5.84. The molecule has 2 saturated heterocycles. The van der Waals surface area contributed by atoms with E-state index in [0.717, 1.165) is 29.3 Å². The van der Waals surface area contributed by atoms with Crippen LogP contribution in [0.3, 0.4) is 0 Å². The summed E-state index contributed by atoms with van der Waals surface area (Å²) < 4.78 is 6.23. The maximum atomic E-state index is 6.23. The molecule has 1 N–H and O–H groups in total. The summed E-state index contributed by atoms with van der Waals surface area (Å²) in [5.41, 5.74) is 0.994. The van der Waals surface area contributed by atoms with Crippen LogP contribution in [0.15, 0.2) is 36.5 Å². The van der Waals surface area contributed by atoms with Gasteiger partial charge in [0, 0.05) is 17.5 Å². The molecule has 116 valence electrons. The van der Waals surface area contributed by atoms with Crippen LogP contribution in [0.5, 0.6) is 5.75 Å². The number of nitrogens with one attached hydrogen (secondary N) is 1. The molecule has 0 aliphatic carbocycles. The van der Waals surface area contributed by atoms with Gasteiger partial charge in [0.05, 0.1) is 25.7 Å². The quantitative estimate of drug-likeness (QED) is 0.942. The monoisotopic (exact) mass is 297 g/mol. The molecule has 0 radical (unpaired) electrons. The Hall–Kier alpha value is -1.61. The SMILES string of the molecule is c1cnc2c(OC[C@H]3CCC[NH+]4CCCC[C@H]34)cccc2c1. The summed E-state index contributed by atoms with van der Waals surface area (Å²) in [6.45, 7) is 3.60. The summed E-state index contributed by atoms with van der Waals surface area (Å²) in [5, 5.41) is 1.16. The summed E-state index contributed by atoms with van der Waals surface area (Å²) in [6, 6.07) is 11.1. The maximum Gasteiger partial charge on any atom is 0.145 e. The lowest BCUT2D eigenvalue weighted by molar-refractivity contribution is -0.940. The molecular formula is C19H25N2O+. The average Bonchev–Trinajstić information content (AvgIpc) is 2.60. The number of ether oxygens (including phenoxy) is 1. The third-order valence-corrected chi connectivity index (χ3v) is 5.48. The van der Waals surface area contributed by atoms with Crippen LogP contribution in [0.1, 0.15) is 32.1 Å². The standard InChI is InChI=1S/C19H24N2O/c1-2-12-21-13-5-8-16(17(21)9-1)14-22-18-10-3-6-15-7-4-11-20-19(15)18/h3-4,6-7,10-11,16-17H,1-2,5,8-9,12-14H2/p+1/t16-,17-/m1/s1. The van der Waals surface area contributed by atoms with Crippen LogP contribution in [0.4, 0.5) is 0 Å². The third-order valence-electron chi connectivity index (χ3n) is 5.48. The van der Waals surface area contributed by atoms with Crippen LogP contribution >= 0.6 is 0 Å². The summed E-state index contributed by atoms with van der Waals surface area (Å²) in [7, 11) is 0. The van der Waals surface area contributed by atoms with Gasteiger partial charge in [-0.3, -0.25) is 4.98 Å². The van der Waals surface area contributed by atoms with Crippen LogP contribution in [0.25, 0.3) is 10.9 Å². The second-order valence-corrected chi connectivity index (χ2v) is 6.81. The first-order valence-electron chi connectivity index (χ1n) is 8.73. The lowest BCUT2D eigenvalue weighted by Crippen LogP contribution is -3.18. The molecule has 0 saturated carbocycles. The van der Waals surface area contributed by atoms with E-state index in [1.165, 1.54) is 45.2 Å². The Morgan fingerprint density at radius 3 is 2.95 bits per heavy atom. The van der Waals surface area contributed by atoms with Gasteiger partial charge < -0.3 is 9.64 Å². The Kier molecular flexibility index (Phi) is 3.98. The number of benzene rings is 1. The van der Waals surface area contributed by atoms with E-state index in [1.807, 2.05) is 17.2 Å². The number of pyridine rings is 1. The number of hydrogen-bond acceptors (Lipinski definition) is 2. The number of piperidine rings is 2. The number of fused-ring (bicyclic) bond motifs is 2. The maximum absolute atomic E-state index is 6.23. The zero-order valence-electron chi connectivity index (χ0n) is 13.1. The first-order chi connectivity index (χ1) is 10.9. The number of nitrogens with zero attached hydrogens (tertiary/aromatic N) is 1. The fourth-order valence-electron chi connectivity index (χ4n) is 4.37. The number of para-hydroxylation sites is 1. The molecule has 0 amide bonds. The van der Waals surface area contributed by atoms with Crippen molar-refractivity contribution in [3.8, 4) is 5.75 Å². The molecule has 1 unspecified atom stereocenters. The van der Waals surface area contributed by atoms with Gasteiger partial charge in [-0.25, -0.2) is 0 Å². The molecule has 1 aromatic heterocycles. The third kappa shape index (κ3) is 2.70. The van der Waals surface area contributed by atoms with Crippen molar-refractivity contribution in [1.82, 2.24) is 4.98 Å². The van der Waals surface area contributed by atoms with Gasteiger partial charge in [-0.1, -0.05) is 18.2 Å². The Labute approximate surface area is 132 Å². The minimum Gasteiger partial charge on any atom is -0.491 e. The predicted octanol–water partition coefficient (Wildman–Crippen LogP) is 2.46. The second kappa shape index (κ2) is 6.25. The molecule has 2 aliphatic heterocycles. The molecule has 2 fully saturated rings. The van der Waals surface area contributed by atoms with Crippen LogP contribution < -0.4 is 9.64 Å². The van der Waals surface area contributed by atoms with E-state index in [1.54, 1.807) is 0 Å². The van der Waals surface area contributed by atoms with Gasteiger partial charge in [0.1, 0.15) is 11.3 Å². The van der Waals surface area contributed by atoms with E-state index in [0.29, 0.717) is 5.92 Å². The molecule has 0 bridgehead atoms. The first kappa shape index (κ1) is 14.0. The molecule has 2 aromatic rings. The Morgan fingerprint density at radius 1 is 1.05 bits per heavy atom. The van der Waals surface area contributed by atoms with Crippen LogP contribution in [0.2, 0.25) is 0 Å². The van der Waals surface area contributed by atoms with Crippen molar-refractivity contribution in [2.75, 3.05) is 19.7 Å². The zero-order chi connectivity index (χ0) is 14.8. The van der Waals surface area contributed by atoms with Crippen LogP contribution in [0, 0.1) is 5.92 Å². The second-order valence-electron chi connectivity index (χ2n) is 6.81. The van der Waals surface area contributed by atoms with Gasteiger partial charge in [-0.05, 0) is 44.2 Å². The fraction of sp³-hybridized carbons (Fsp3) is 0.526. The van der Waals surface area contributed by atoms with Crippen LogP contribution in [-0.4, -0.2) is 30.7 Å².